The van der Waals surface area contributed by atoms with E-state index in [0.29, 0.717) is 48.3 Å². The lowest BCUT2D eigenvalue weighted by atomic mass is 9.48. The number of hydrogen-bond acceptors (Lipinski definition) is 5. The van der Waals surface area contributed by atoms with Crippen LogP contribution in [-0.4, -0.2) is 71.3 Å². The van der Waals surface area contributed by atoms with Gasteiger partial charge in [0.05, 0.1) is 29.7 Å². The fourth-order valence-electron chi connectivity index (χ4n) is 10.0. The van der Waals surface area contributed by atoms with Gasteiger partial charge < -0.3 is 19.5 Å². The zero-order chi connectivity index (χ0) is 32.6. The molecular formula is C38H45F3N2O4. The third-order valence-corrected chi connectivity index (χ3v) is 12.4. The van der Waals surface area contributed by atoms with Crippen molar-refractivity contribution in [3.05, 3.63) is 64.7 Å². The topological polar surface area (TPSA) is 62.2 Å². The number of carbonyl (C=O) groups excluding carboxylic acids is 1. The van der Waals surface area contributed by atoms with Gasteiger partial charge in [-0.15, -0.1) is 0 Å². The van der Waals surface area contributed by atoms with Gasteiger partial charge in [-0.05, 0) is 105 Å². The van der Waals surface area contributed by atoms with Gasteiger partial charge in [-0.1, -0.05) is 37.5 Å². The zero-order valence-corrected chi connectivity index (χ0v) is 27.1. The maximum absolute atomic E-state index is 14.3. The van der Waals surface area contributed by atoms with Gasteiger partial charge in [0.15, 0.2) is 11.5 Å². The normalized spacial score (nSPS) is 31.8. The highest BCUT2D eigenvalue weighted by Crippen LogP contribution is 2.66. The second-order valence-corrected chi connectivity index (χ2v) is 15.0. The first-order valence-corrected chi connectivity index (χ1v) is 17.6. The Kier molecular flexibility index (Phi) is 7.67. The quantitative estimate of drug-likeness (QED) is 0.320. The van der Waals surface area contributed by atoms with E-state index >= 15 is 0 Å². The van der Waals surface area contributed by atoms with Crippen LogP contribution in [0.1, 0.15) is 86.5 Å². The molecule has 3 saturated carbocycles. The van der Waals surface area contributed by atoms with E-state index < -0.39 is 28.9 Å². The fraction of sp³-hybridized carbons (Fsp3) is 0.605. The molecular weight excluding hydrogens is 605 g/mol. The van der Waals surface area contributed by atoms with Crippen molar-refractivity contribution < 1.29 is 32.5 Å². The van der Waals surface area contributed by atoms with E-state index in [-0.39, 0.29) is 18.0 Å². The van der Waals surface area contributed by atoms with Crippen molar-refractivity contribution in [2.75, 3.05) is 26.7 Å². The second-order valence-electron chi connectivity index (χ2n) is 15.0. The summed E-state index contributed by atoms with van der Waals surface area (Å²) >= 11 is 0. The van der Waals surface area contributed by atoms with Gasteiger partial charge in [0, 0.05) is 30.8 Å². The van der Waals surface area contributed by atoms with E-state index in [1.807, 2.05) is 11.0 Å². The number of halogens is 3. The number of aliphatic hydroxyl groups is 1. The van der Waals surface area contributed by atoms with Gasteiger partial charge in [-0.3, -0.25) is 9.69 Å². The number of alkyl halides is 3. The molecule has 0 aromatic heterocycles. The summed E-state index contributed by atoms with van der Waals surface area (Å²) in [5.41, 5.74) is 0.195. The second kappa shape index (κ2) is 11.5. The minimum atomic E-state index is -4.46. The minimum absolute atomic E-state index is 0.0148. The van der Waals surface area contributed by atoms with Crippen molar-refractivity contribution in [3.63, 3.8) is 0 Å². The number of rotatable bonds is 8. The van der Waals surface area contributed by atoms with E-state index in [1.54, 1.807) is 13.2 Å². The Morgan fingerprint density at radius 3 is 2.64 bits per heavy atom. The van der Waals surface area contributed by atoms with Crippen molar-refractivity contribution in [2.24, 2.45) is 11.8 Å². The van der Waals surface area contributed by atoms with Crippen LogP contribution in [0.25, 0.3) is 6.08 Å². The van der Waals surface area contributed by atoms with E-state index in [0.717, 1.165) is 69.3 Å². The van der Waals surface area contributed by atoms with Crippen molar-refractivity contribution in [2.45, 2.75) is 106 Å². The Labute approximate surface area is 274 Å². The van der Waals surface area contributed by atoms with E-state index in [9.17, 15) is 23.1 Å². The molecule has 2 bridgehead atoms. The van der Waals surface area contributed by atoms with E-state index in [1.165, 1.54) is 43.0 Å². The lowest BCUT2D eigenvalue weighted by Gasteiger charge is -2.65. The molecule has 4 aliphatic carbocycles. The lowest BCUT2D eigenvalue weighted by Crippen LogP contribution is -2.78. The average Bonchev–Trinajstić information content (AvgIpc) is 3.81. The van der Waals surface area contributed by atoms with Crippen LogP contribution >= 0.6 is 0 Å². The number of ether oxygens (including phenoxy) is 2. The highest BCUT2D eigenvalue weighted by molar-refractivity contribution is 5.92. The molecule has 0 radical (unpaired) electrons. The molecule has 9 heteroatoms. The summed E-state index contributed by atoms with van der Waals surface area (Å²) in [6.45, 7) is 2.46. The van der Waals surface area contributed by atoms with E-state index in [2.05, 4.69) is 11.0 Å². The monoisotopic (exact) mass is 650 g/mol. The standard InChI is InChI=1S/C38H45F3N2O4/c1-46-30-14-13-27-21-31-37(45)17-16-29(35-36(37,33(27)34(30)47-35)18-19-42(31)22-26-10-11-26)43(23-25-6-3-2-4-7-25)32(44)15-12-24-8-5-9-28(20-24)38(39,40)41/h5,8-9,12-15,20,25-26,29,31,35,45H,2-4,6-7,10-11,16-19,21-23H2,1H3/b15-12+/t29?,31-,35?,36+,37-/m1/s1. The van der Waals surface area contributed by atoms with Gasteiger partial charge in [0.1, 0.15) is 6.10 Å². The van der Waals surface area contributed by atoms with Crippen LogP contribution in [-0.2, 0) is 22.8 Å². The number of methoxy groups -OCH3 is 1. The van der Waals surface area contributed by atoms with Crippen LogP contribution in [0.15, 0.2) is 42.5 Å². The van der Waals surface area contributed by atoms with E-state index in [4.69, 9.17) is 9.47 Å². The molecule has 47 heavy (non-hydrogen) atoms. The van der Waals surface area contributed by atoms with Crippen LogP contribution in [0.2, 0.25) is 0 Å². The summed E-state index contributed by atoms with van der Waals surface area (Å²) in [4.78, 5) is 18.8. The molecule has 1 saturated heterocycles. The molecule has 1 spiro atoms. The SMILES string of the molecule is COc1ccc2c3c1OC1C(N(CC4CCCCC4)C(=O)/C=C/c4cccc(C(F)(F)F)c4)CC[C@@]4(O)[C@@H](C2)N(CC2CC2)CC[C@]314. The molecule has 5 atom stereocenters. The van der Waals surface area contributed by atoms with Gasteiger partial charge in [0.2, 0.25) is 5.91 Å². The highest BCUT2D eigenvalue weighted by atomic mass is 19.4. The van der Waals surface area contributed by atoms with Gasteiger partial charge in [-0.25, -0.2) is 0 Å². The number of nitrogens with zero attached hydrogens (tertiary/aromatic N) is 2. The summed E-state index contributed by atoms with van der Waals surface area (Å²) in [7, 11) is 1.65. The number of amides is 1. The Bertz CT molecular complexity index is 1570. The molecule has 6 aliphatic rings. The first kappa shape index (κ1) is 31.2. The minimum Gasteiger partial charge on any atom is -0.493 e. The van der Waals surface area contributed by atoms with Crippen LogP contribution in [0, 0.1) is 11.8 Å². The number of piperidine rings is 1. The Balaban J connectivity index is 1.17. The molecule has 1 amide bonds. The largest absolute Gasteiger partial charge is 0.493 e. The number of likely N-dealkylation sites (tertiary alicyclic amines) is 1. The maximum Gasteiger partial charge on any atom is 0.416 e. The molecule has 2 aromatic rings. The van der Waals surface area contributed by atoms with Gasteiger partial charge in [-0.2, -0.15) is 13.2 Å². The average molecular weight is 651 g/mol. The third kappa shape index (κ3) is 5.09. The van der Waals surface area contributed by atoms with Crippen LogP contribution in [0.4, 0.5) is 13.2 Å². The zero-order valence-electron chi connectivity index (χ0n) is 27.1. The Hall–Kier alpha value is -3.04. The smallest absolute Gasteiger partial charge is 0.416 e. The molecule has 4 fully saturated rings. The van der Waals surface area contributed by atoms with Crippen molar-refractivity contribution in [1.29, 1.82) is 0 Å². The number of hydrogen-bond donors (Lipinski definition) is 1. The van der Waals surface area contributed by atoms with Gasteiger partial charge in [0.25, 0.3) is 0 Å². The molecule has 2 aromatic carbocycles. The summed E-state index contributed by atoms with van der Waals surface area (Å²) in [5.74, 6) is 2.20. The maximum atomic E-state index is 14.3. The predicted molar refractivity (Wildman–Crippen MR) is 172 cm³/mol. The van der Waals surface area contributed by atoms with Crippen molar-refractivity contribution in [3.8, 4) is 11.5 Å². The first-order chi connectivity index (χ1) is 22.6. The molecule has 2 heterocycles. The molecule has 8 rings (SSSR count). The van der Waals surface area contributed by atoms with Crippen LogP contribution < -0.4 is 9.47 Å². The Morgan fingerprint density at radius 2 is 1.89 bits per heavy atom. The van der Waals surface area contributed by atoms with Crippen molar-refractivity contribution in [1.82, 2.24) is 9.80 Å². The van der Waals surface area contributed by atoms with Gasteiger partial charge >= 0.3 is 6.18 Å². The lowest BCUT2D eigenvalue weighted by molar-refractivity contribution is -0.201. The highest BCUT2D eigenvalue weighted by Gasteiger charge is 2.73. The summed E-state index contributed by atoms with van der Waals surface area (Å²) in [6.07, 6.45) is 8.75. The predicted octanol–water partition coefficient (Wildman–Crippen LogP) is 6.77. The fourth-order valence-corrected chi connectivity index (χ4v) is 10.0. The first-order valence-electron chi connectivity index (χ1n) is 17.6. The molecule has 2 unspecified atom stereocenters. The van der Waals surface area contributed by atoms with Crippen LogP contribution in [0.3, 0.4) is 0 Å². The summed E-state index contributed by atoms with van der Waals surface area (Å²) in [5, 5.41) is 13.0. The van der Waals surface area contributed by atoms with Crippen LogP contribution in [0.5, 0.6) is 11.5 Å². The molecule has 252 valence electrons. The Morgan fingerprint density at radius 1 is 1.09 bits per heavy atom. The molecule has 2 aliphatic heterocycles. The third-order valence-electron chi connectivity index (χ3n) is 12.4. The van der Waals surface area contributed by atoms with Crippen molar-refractivity contribution >= 4 is 12.0 Å². The summed E-state index contributed by atoms with van der Waals surface area (Å²) in [6, 6.07) is 8.90. The summed E-state index contributed by atoms with van der Waals surface area (Å²) < 4.78 is 53.1. The molecule has 1 N–H and O–H groups in total. The number of carbonyl (C=O) groups is 1. The molecule has 6 nitrogen and oxygen atoms in total. The number of benzene rings is 2.